The van der Waals surface area contributed by atoms with Crippen LogP contribution in [0.4, 0.5) is 10.8 Å². The predicted molar refractivity (Wildman–Crippen MR) is 101 cm³/mol. The summed E-state index contributed by atoms with van der Waals surface area (Å²) in [5.41, 5.74) is 2.57. The molecule has 3 rings (SSSR count). The van der Waals surface area contributed by atoms with Gasteiger partial charge in [-0.1, -0.05) is 36.5 Å². The first-order valence-corrected chi connectivity index (χ1v) is 10.8. The summed E-state index contributed by atoms with van der Waals surface area (Å²) in [4.78, 5) is 13.6. The summed E-state index contributed by atoms with van der Waals surface area (Å²) in [7, 11) is -3.71. The lowest BCUT2D eigenvalue weighted by Gasteiger charge is -2.19. The van der Waals surface area contributed by atoms with Crippen molar-refractivity contribution in [2.45, 2.75) is 30.5 Å². The molecule has 1 amide bonds. The van der Waals surface area contributed by atoms with Crippen molar-refractivity contribution in [3.8, 4) is 0 Å². The number of para-hydroxylation sites is 1. The van der Waals surface area contributed by atoms with Crippen LogP contribution in [0.25, 0.3) is 0 Å². The number of nitrogens with zero attached hydrogens (tertiary/aromatic N) is 3. The summed E-state index contributed by atoms with van der Waals surface area (Å²) in [5.74, 6) is -0.232. The Morgan fingerprint density at radius 2 is 2.12 bits per heavy atom. The van der Waals surface area contributed by atoms with Crippen molar-refractivity contribution in [2.75, 3.05) is 29.9 Å². The number of amides is 1. The highest BCUT2D eigenvalue weighted by Gasteiger charge is 2.21. The van der Waals surface area contributed by atoms with Crippen molar-refractivity contribution in [2.24, 2.45) is 0 Å². The monoisotopic (exact) mass is 395 g/mol. The summed E-state index contributed by atoms with van der Waals surface area (Å²) >= 11 is 0.843. The highest BCUT2D eigenvalue weighted by atomic mass is 32.2. The maximum Gasteiger partial charge on any atom is 0.269 e. The molecule has 0 fully saturated rings. The first-order chi connectivity index (χ1) is 12.5. The number of aromatic nitrogens is 2. The fraction of sp³-hybridized carbons (Fsp3) is 0.438. The van der Waals surface area contributed by atoms with Gasteiger partial charge in [0.1, 0.15) is 0 Å². The Morgan fingerprint density at radius 1 is 1.31 bits per heavy atom. The molecule has 1 aromatic heterocycles. The van der Waals surface area contributed by atoms with Crippen LogP contribution < -0.4 is 14.9 Å². The van der Waals surface area contributed by atoms with Crippen molar-refractivity contribution in [3.05, 3.63) is 29.8 Å². The third kappa shape index (κ3) is 4.37. The summed E-state index contributed by atoms with van der Waals surface area (Å²) in [6, 6.07) is 8.28. The van der Waals surface area contributed by atoms with Crippen molar-refractivity contribution >= 4 is 38.1 Å². The van der Waals surface area contributed by atoms with Crippen molar-refractivity contribution < 1.29 is 13.2 Å². The van der Waals surface area contributed by atoms with Crippen LogP contribution >= 0.6 is 11.3 Å². The van der Waals surface area contributed by atoms with E-state index in [1.807, 2.05) is 12.1 Å². The number of nitrogens with one attached hydrogen (secondary N) is 2. The fourth-order valence-corrected chi connectivity index (χ4v) is 4.78. The molecule has 0 unspecified atom stereocenters. The van der Waals surface area contributed by atoms with Crippen LogP contribution in [-0.4, -0.2) is 44.2 Å². The number of fused-ring (bicyclic) bond motifs is 1. The quantitative estimate of drug-likeness (QED) is 0.520. The van der Waals surface area contributed by atoms with Gasteiger partial charge in [-0.05, 0) is 24.5 Å². The number of carbonyl (C=O) groups excluding carboxylic acids is 1. The van der Waals surface area contributed by atoms with Gasteiger partial charge < -0.3 is 10.2 Å². The van der Waals surface area contributed by atoms with Crippen LogP contribution in [-0.2, 0) is 21.2 Å². The molecule has 0 aliphatic carbocycles. The van der Waals surface area contributed by atoms with Crippen molar-refractivity contribution in [3.63, 3.8) is 0 Å². The molecule has 0 atom stereocenters. The summed E-state index contributed by atoms with van der Waals surface area (Å²) in [5, 5.41) is 10.0. The van der Waals surface area contributed by atoms with Crippen molar-refractivity contribution in [1.29, 1.82) is 0 Å². The van der Waals surface area contributed by atoms with Crippen LogP contribution in [0.2, 0.25) is 0 Å². The Balaban J connectivity index is 1.49. The average Bonchev–Trinajstić information content (AvgIpc) is 3.26. The molecule has 1 aliphatic rings. The standard InChI is InChI=1S/C16H21N5O3S2/c1-2-14(22)18-15-19-20-16(25-15)26(23,24)17-9-5-10-21-11-8-12-6-3-4-7-13(12)21/h3-4,6-7,17H,2,5,8-11H2,1H3,(H,18,19,22). The second-order valence-corrected chi connectivity index (χ2v) is 8.81. The molecule has 1 aliphatic heterocycles. The Labute approximate surface area is 156 Å². The number of hydrogen-bond acceptors (Lipinski definition) is 7. The minimum absolute atomic E-state index is 0.143. The van der Waals surface area contributed by atoms with E-state index in [1.165, 1.54) is 11.3 Å². The van der Waals surface area contributed by atoms with Gasteiger partial charge in [0.15, 0.2) is 0 Å². The Bertz CT molecular complexity index is 882. The highest BCUT2D eigenvalue weighted by molar-refractivity contribution is 7.91. The predicted octanol–water partition coefficient (Wildman–Crippen LogP) is 1.62. The van der Waals surface area contributed by atoms with Crippen LogP contribution in [0.5, 0.6) is 0 Å². The van der Waals surface area contributed by atoms with Crippen LogP contribution in [0.15, 0.2) is 28.6 Å². The average molecular weight is 396 g/mol. The lowest BCUT2D eigenvalue weighted by atomic mass is 10.2. The number of rotatable bonds is 8. The van der Waals surface area contributed by atoms with E-state index >= 15 is 0 Å². The summed E-state index contributed by atoms with van der Waals surface area (Å²) in [6.07, 6.45) is 2.00. The van der Waals surface area contributed by atoms with E-state index in [0.29, 0.717) is 19.4 Å². The van der Waals surface area contributed by atoms with Gasteiger partial charge in [0.2, 0.25) is 15.4 Å². The van der Waals surface area contributed by atoms with Gasteiger partial charge in [-0.3, -0.25) is 4.79 Å². The van der Waals surface area contributed by atoms with Gasteiger partial charge in [0, 0.05) is 31.7 Å². The molecular formula is C16H21N5O3S2. The molecule has 0 bridgehead atoms. The molecule has 140 valence electrons. The number of hydrogen-bond donors (Lipinski definition) is 2. The zero-order valence-corrected chi connectivity index (χ0v) is 16.1. The molecule has 0 radical (unpaired) electrons. The first kappa shape index (κ1) is 18.7. The molecule has 26 heavy (non-hydrogen) atoms. The molecule has 8 nitrogen and oxygen atoms in total. The molecule has 0 saturated carbocycles. The second-order valence-electron chi connectivity index (χ2n) is 5.89. The van der Waals surface area contributed by atoms with Crippen molar-refractivity contribution in [1.82, 2.24) is 14.9 Å². The van der Waals surface area contributed by atoms with E-state index in [-0.39, 0.29) is 15.4 Å². The maximum atomic E-state index is 12.3. The normalized spacial score (nSPS) is 13.7. The van der Waals surface area contributed by atoms with Gasteiger partial charge in [-0.25, -0.2) is 13.1 Å². The third-order valence-electron chi connectivity index (χ3n) is 4.08. The second kappa shape index (κ2) is 8.11. The van der Waals surface area contributed by atoms with Crippen LogP contribution in [0.3, 0.4) is 0 Å². The number of anilines is 2. The van der Waals surface area contributed by atoms with Crippen LogP contribution in [0.1, 0.15) is 25.3 Å². The summed E-state index contributed by atoms with van der Waals surface area (Å²) in [6.45, 7) is 3.77. The lowest BCUT2D eigenvalue weighted by molar-refractivity contribution is -0.115. The summed E-state index contributed by atoms with van der Waals surface area (Å²) < 4.78 is 26.9. The third-order valence-corrected chi connectivity index (χ3v) is 6.75. The van der Waals surface area contributed by atoms with Gasteiger partial charge in [0.05, 0.1) is 0 Å². The smallest absolute Gasteiger partial charge is 0.269 e. The minimum Gasteiger partial charge on any atom is -0.371 e. The topological polar surface area (TPSA) is 104 Å². The zero-order chi connectivity index (χ0) is 18.6. The van der Waals surface area contributed by atoms with E-state index in [2.05, 4.69) is 37.3 Å². The Hall–Kier alpha value is -2.04. The van der Waals surface area contributed by atoms with E-state index < -0.39 is 10.0 Å². The molecule has 2 heterocycles. The van der Waals surface area contributed by atoms with Gasteiger partial charge in [-0.2, -0.15) is 0 Å². The zero-order valence-electron chi connectivity index (χ0n) is 14.4. The fourth-order valence-electron chi connectivity index (χ4n) is 2.75. The van der Waals surface area contributed by atoms with E-state index in [1.54, 1.807) is 6.92 Å². The molecule has 2 aromatic rings. The lowest BCUT2D eigenvalue weighted by Crippen LogP contribution is -2.29. The first-order valence-electron chi connectivity index (χ1n) is 8.45. The maximum absolute atomic E-state index is 12.3. The van der Waals surface area contributed by atoms with Gasteiger partial charge in [0.25, 0.3) is 10.0 Å². The largest absolute Gasteiger partial charge is 0.371 e. The van der Waals surface area contributed by atoms with E-state index in [9.17, 15) is 13.2 Å². The van der Waals surface area contributed by atoms with Gasteiger partial charge >= 0.3 is 0 Å². The number of sulfonamides is 1. The number of carbonyl (C=O) groups is 1. The Kier molecular flexibility index (Phi) is 5.84. The molecule has 1 aromatic carbocycles. The minimum atomic E-state index is -3.71. The van der Waals surface area contributed by atoms with E-state index in [4.69, 9.17) is 0 Å². The van der Waals surface area contributed by atoms with E-state index in [0.717, 1.165) is 30.8 Å². The van der Waals surface area contributed by atoms with Crippen LogP contribution in [0, 0.1) is 0 Å². The SMILES string of the molecule is CCC(=O)Nc1nnc(S(=O)(=O)NCCCN2CCc3ccccc32)s1. The molecule has 2 N–H and O–H groups in total. The highest BCUT2D eigenvalue weighted by Crippen LogP contribution is 2.27. The van der Waals surface area contributed by atoms with Gasteiger partial charge in [-0.15, -0.1) is 10.2 Å². The molecular weight excluding hydrogens is 374 g/mol. The number of benzene rings is 1. The molecule has 10 heteroatoms. The molecule has 0 spiro atoms. The molecule has 0 saturated heterocycles. The Morgan fingerprint density at radius 3 is 2.92 bits per heavy atom.